The van der Waals surface area contributed by atoms with Crippen molar-refractivity contribution in [2.75, 3.05) is 0 Å². The van der Waals surface area contributed by atoms with E-state index in [0.717, 1.165) is 67.2 Å². The molecule has 1 atom stereocenters. The molecule has 1 saturated carbocycles. The lowest BCUT2D eigenvalue weighted by atomic mass is 9.90. The van der Waals surface area contributed by atoms with E-state index in [1.165, 1.54) is 6.33 Å². The van der Waals surface area contributed by atoms with Crippen LogP contribution in [0.1, 0.15) is 101 Å². The number of carboxylic acid groups (broad SMARTS) is 1. The van der Waals surface area contributed by atoms with Crippen LogP contribution >= 0.6 is 0 Å². The molecule has 1 unspecified atom stereocenters. The van der Waals surface area contributed by atoms with Gasteiger partial charge in [-0.25, -0.2) is 19.6 Å². The number of carbonyl (C=O) groups excluding carboxylic acids is 1. The average Bonchev–Trinajstić information content (AvgIpc) is 3.41. The number of esters is 1. The van der Waals surface area contributed by atoms with Crippen molar-refractivity contribution in [3.63, 3.8) is 0 Å². The van der Waals surface area contributed by atoms with Crippen LogP contribution in [-0.4, -0.2) is 38.7 Å². The number of fused-ring (bicyclic) bond motifs is 1. The summed E-state index contributed by atoms with van der Waals surface area (Å²) in [4.78, 5) is 33.8. The molecule has 7 heteroatoms. The Kier molecular flexibility index (Phi) is 8.65. The second-order valence-corrected chi connectivity index (χ2v) is 11.1. The van der Waals surface area contributed by atoms with Gasteiger partial charge in [0.25, 0.3) is 0 Å². The fourth-order valence-electron chi connectivity index (χ4n) is 5.12. The van der Waals surface area contributed by atoms with E-state index in [4.69, 9.17) is 9.47 Å². The number of benzene rings is 2. The van der Waals surface area contributed by atoms with Gasteiger partial charge in [-0.2, -0.15) is 0 Å². The summed E-state index contributed by atoms with van der Waals surface area (Å²) in [7, 11) is 0. The van der Waals surface area contributed by atoms with Gasteiger partial charge < -0.3 is 14.6 Å². The zero-order chi connectivity index (χ0) is 27.3. The summed E-state index contributed by atoms with van der Waals surface area (Å²) < 4.78 is 11.5. The molecule has 1 heterocycles. The van der Waals surface area contributed by atoms with E-state index in [-0.39, 0.29) is 5.97 Å². The first kappa shape index (κ1) is 27.6. The van der Waals surface area contributed by atoms with Gasteiger partial charge in [-0.1, -0.05) is 38.7 Å². The van der Waals surface area contributed by atoms with Crippen LogP contribution in [0, 0.1) is 0 Å². The minimum atomic E-state index is -0.964. The van der Waals surface area contributed by atoms with Gasteiger partial charge in [0, 0.05) is 17.0 Å². The predicted molar refractivity (Wildman–Crippen MR) is 148 cm³/mol. The molecule has 1 aliphatic carbocycles. The molecule has 0 spiro atoms. The highest BCUT2D eigenvalue weighted by Crippen LogP contribution is 2.39. The fourth-order valence-corrected chi connectivity index (χ4v) is 5.12. The Morgan fingerprint density at radius 1 is 1.05 bits per heavy atom. The van der Waals surface area contributed by atoms with Crippen molar-refractivity contribution in [1.82, 2.24) is 9.97 Å². The van der Waals surface area contributed by atoms with Gasteiger partial charge in [-0.05, 0) is 82.2 Å². The van der Waals surface area contributed by atoms with Gasteiger partial charge in [-0.15, -0.1) is 0 Å². The quantitative estimate of drug-likeness (QED) is 0.222. The molecule has 0 bridgehead atoms. The van der Waals surface area contributed by atoms with Gasteiger partial charge >= 0.3 is 11.9 Å². The summed E-state index contributed by atoms with van der Waals surface area (Å²) in [6, 6.07) is 11.3. The molecule has 202 valence electrons. The summed E-state index contributed by atoms with van der Waals surface area (Å²) in [6.45, 7) is 7.72. The molecular formula is C31H38N2O5. The lowest BCUT2D eigenvalue weighted by Gasteiger charge is -2.22. The van der Waals surface area contributed by atoms with Crippen molar-refractivity contribution in [3.05, 3.63) is 53.9 Å². The van der Waals surface area contributed by atoms with E-state index >= 15 is 0 Å². The van der Waals surface area contributed by atoms with Gasteiger partial charge in [0.1, 0.15) is 17.7 Å². The highest BCUT2D eigenvalue weighted by molar-refractivity contribution is 5.96. The molecule has 4 rings (SSSR count). The minimum absolute atomic E-state index is 0.299. The number of hydrogen-bond acceptors (Lipinski definition) is 6. The van der Waals surface area contributed by atoms with Gasteiger partial charge in [0.2, 0.25) is 0 Å². The molecule has 1 aromatic heterocycles. The Labute approximate surface area is 224 Å². The second kappa shape index (κ2) is 11.9. The molecule has 1 aliphatic rings. The first-order valence-corrected chi connectivity index (χ1v) is 13.7. The lowest BCUT2D eigenvalue weighted by Crippen LogP contribution is -2.26. The molecule has 0 amide bonds. The maximum Gasteiger partial charge on any atom is 0.344 e. The molecule has 0 aliphatic heterocycles. The standard InChI is InChI=1S/C31H38N2O5/c1-5-6-7-12-27(29(34)35)37-22-14-16-24-26(18-22)32-19-33-28(24)21-13-15-23(30(36)38-31(2,3)4)25(17-21)20-10-8-9-11-20/h13-20,27H,5-12H2,1-4H3,(H,34,35). The van der Waals surface area contributed by atoms with E-state index in [1.54, 1.807) is 12.1 Å². The van der Waals surface area contributed by atoms with E-state index < -0.39 is 17.7 Å². The normalized spacial score (nSPS) is 14.9. The summed E-state index contributed by atoms with van der Waals surface area (Å²) in [5, 5.41) is 10.4. The lowest BCUT2D eigenvalue weighted by molar-refractivity contribution is -0.145. The van der Waals surface area contributed by atoms with Crippen LogP contribution in [0.5, 0.6) is 5.75 Å². The highest BCUT2D eigenvalue weighted by atomic mass is 16.6. The molecule has 0 saturated heterocycles. The molecule has 3 aromatic rings. The number of carbonyl (C=O) groups is 2. The Morgan fingerprint density at radius 3 is 2.50 bits per heavy atom. The Balaban J connectivity index is 1.67. The van der Waals surface area contributed by atoms with Crippen LogP contribution in [0.2, 0.25) is 0 Å². The SMILES string of the molecule is CCCCCC(Oc1ccc2c(-c3ccc(C(=O)OC(C)(C)C)c(C4CCCC4)c3)ncnc2c1)C(=O)O. The predicted octanol–water partition coefficient (Wildman–Crippen LogP) is 7.32. The van der Waals surface area contributed by atoms with Gasteiger partial charge in [-0.3, -0.25) is 0 Å². The number of aliphatic carboxylic acids is 1. The smallest absolute Gasteiger partial charge is 0.344 e. The third-order valence-electron chi connectivity index (χ3n) is 6.97. The first-order valence-electron chi connectivity index (χ1n) is 13.7. The van der Waals surface area contributed by atoms with Crippen LogP contribution in [0.15, 0.2) is 42.7 Å². The third kappa shape index (κ3) is 6.69. The van der Waals surface area contributed by atoms with E-state index in [9.17, 15) is 14.7 Å². The maximum absolute atomic E-state index is 13.1. The first-order chi connectivity index (χ1) is 18.2. The Bertz CT molecular complexity index is 1290. The average molecular weight is 519 g/mol. The highest BCUT2D eigenvalue weighted by Gasteiger charge is 2.27. The fraction of sp³-hybridized carbons (Fsp3) is 0.484. The summed E-state index contributed by atoms with van der Waals surface area (Å²) in [5.74, 6) is -0.481. The van der Waals surface area contributed by atoms with E-state index in [0.29, 0.717) is 29.2 Å². The van der Waals surface area contributed by atoms with Crippen LogP contribution in [0.3, 0.4) is 0 Å². The van der Waals surface area contributed by atoms with E-state index in [1.807, 2.05) is 39.0 Å². The topological polar surface area (TPSA) is 98.6 Å². The number of carboxylic acids is 1. The number of hydrogen-bond donors (Lipinski definition) is 1. The monoisotopic (exact) mass is 518 g/mol. The molecule has 0 radical (unpaired) electrons. The van der Waals surface area contributed by atoms with Gasteiger partial charge in [0.05, 0.1) is 16.8 Å². The minimum Gasteiger partial charge on any atom is -0.479 e. The number of nitrogens with zero attached hydrogens (tertiary/aromatic N) is 2. The number of ether oxygens (including phenoxy) is 2. The van der Waals surface area contributed by atoms with Crippen molar-refractivity contribution in [2.45, 2.75) is 96.7 Å². The summed E-state index contributed by atoms with van der Waals surface area (Å²) >= 11 is 0. The number of unbranched alkanes of at least 4 members (excludes halogenated alkanes) is 2. The number of aromatic nitrogens is 2. The number of rotatable bonds is 10. The molecule has 2 aromatic carbocycles. The molecule has 1 N–H and O–H groups in total. The molecule has 1 fully saturated rings. The van der Waals surface area contributed by atoms with Gasteiger partial charge in [0.15, 0.2) is 6.10 Å². The van der Waals surface area contributed by atoms with E-state index in [2.05, 4.69) is 23.0 Å². The van der Waals surface area contributed by atoms with Crippen molar-refractivity contribution in [3.8, 4) is 17.0 Å². The third-order valence-corrected chi connectivity index (χ3v) is 6.97. The maximum atomic E-state index is 13.1. The Hall–Kier alpha value is -3.48. The molecular weight excluding hydrogens is 480 g/mol. The molecule has 7 nitrogen and oxygen atoms in total. The zero-order valence-electron chi connectivity index (χ0n) is 22.8. The summed E-state index contributed by atoms with van der Waals surface area (Å²) in [6.07, 6.45) is 8.26. The van der Waals surface area contributed by atoms with Crippen LogP contribution in [0.25, 0.3) is 22.2 Å². The van der Waals surface area contributed by atoms with Crippen LogP contribution < -0.4 is 4.74 Å². The Morgan fingerprint density at radius 2 is 1.82 bits per heavy atom. The van der Waals surface area contributed by atoms with Crippen molar-refractivity contribution >= 4 is 22.8 Å². The van der Waals surface area contributed by atoms with Crippen molar-refractivity contribution in [1.29, 1.82) is 0 Å². The van der Waals surface area contributed by atoms with Crippen LogP contribution in [0.4, 0.5) is 0 Å². The van der Waals surface area contributed by atoms with Crippen LogP contribution in [-0.2, 0) is 9.53 Å². The zero-order valence-corrected chi connectivity index (χ0v) is 22.8. The molecule has 38 heavy (non-hydrogen) atoms. The largest absolute Gasteiger partial charge is 0.479 e. The summed E-state index contributed by atoms with van der Waals surface area (Å²) in [5.41, 5.74) is 3.40. The van der Waals surface area contributed by atoms with Crippen molar-refractivity contribution < 1.29 is 24.2 Å². The van der Waals surface area contributed by atoms with Crippen molar-refractivity contribution in [2.24, 2.45) is 0 Å². The second-order valence-electron chi connectivity index (χ2n) is 11.1.